The Morgan fingerprint density at radius 3 is 2.45 bits per heavy atom. The molecule has 2 fully saturated rings. The van der Waals surface area contributed by atoms with Gasteiger partial charge in [0.15, 0.2) is 0 Å². The smallest absolute Gasteiger partial charge is 0.243 e. The van der Waals surface area contributed by atoms with E-state index in [2.05, 4.69) is 11.4 Å². The standard InChI is InChI=1S/C15H19N3O2S.ClH/c1-11-7-15(6-5-12(11)8-16)21(19,20)18-9-13-3-2-4-14(10-18)17-13;/h5-7,13-14,17H,2-4,9-10H2,1H3;1H. The van der Waals surface area contributed by atoms with Crippen LogP contribution in [-0.4, -0.2) is 37.9 Å². The fourth-order valence-corrected chi connectivity index (χ4v) is 4.85. The molecule has 0 amide bonds. The molecule has 2 saturated heterocycles. The number of sulfonamides is 1. The molecule has 120 valence electrons. The lowest BCUT2D eigenvalue weighted by Crippen LogP contribution is -2.59. The van der Waals surface area contributed by atoms with E-state index in [0.29, 0.717) is 29.1 Å². The number of nitriles is 1. The Labute approximate surface area is 137 Å². The highest BCUT2D eigenvalue weighted by molar-refractivity contribution is 7.89. The van der Waals surface area contributed by atoms with Crippen LogP contribution >= 0.6 is 12.4 Å². The Morgan fingerprint density at radius 1 is 1.27 bits per heavy atom. The van der Waals surface area contributed by atoms with Gasteiger partial charge in [-0.2, -0.15) is 9.57 Å². The van der Waals surface area contributed by atoms with Crippen molar-refractivity contribution in [2.24, 2.45) is 0 Å². The largest absolute Gasteiger partial charge is 0.309 e. The third-order valence-electron chi connectivity index (χ3n) is 4.38. The number of benzene rings is 1. The second kappa shape index (κ2) is 6.55. The van der Waals surface area contributed by atoms with Crippen molar-refractivity contribution in [3.05, 3.63) is 29.3 Å². The maximum Gasteiger partial charge on any atom is 0.243 e. The van der Waals surface area contributed by atoms with E-state index in [1.807, 2.05) is 0 Å². The zero-order valence-electron chi connectivity index (χ0n) is 12.4. The highest BCUT2D eigenvalue weighted by Crippen LogP contribution is 2.25. The molecule has 0 spiro atoms. The average molecular weight is 342 g/mol. The summed E-state index contributed by atoms with van der Waals surface area (Å²) in [6, 6.07) is 7.34. The predicted octanol–water partition coefficient (Wildman–Crippen LogP) is 1.80. The number of piperidine rings is 1. The molecule has 1 N–H and O–H groups in total. The van der Waals surface area contributed by atoms with Crippen molar-refractivity contribution in [2.45, 2.75) is 43.2 Å². The fraction of sp³-hybridized carbons (Fsp3) is 0.533. The summed E-state index contributed by atoms with van der Waals surface area (Å²) in [5.41, 5.74) is 1.22. The maximum atomic E-state index is 12.8. The maximum absolute atomic E-state index is 12.8. The van der Waals surface area contributed by atoms with E-state index in [1.165, 1.54) is 6.42 Å². The van der Waals surface area contributed by atoms with Crippen molar-refractivity contribution in [3.8, 4) is 6.07 Å². The van der Waals surface area contributed by atoms with E-state index in [-0.39, 0.29) is 24.5 Å². The molecule has 5 nitrogen and oxygen atoms in total. The molecule has 2 bridgehead atoms. The van der Waals surface area contributed by atoms with Crippen molar-refractivity contribution in [3.63, 3.8) is 0 Å². The zero-order valence-corrected chi connectivity index (χ0v) is 14.1. The van der Waals surface area contributed by atoms with Gasteiger partial charge in [0, 0.05) is 25.2 Å². The van der Waals surface area contributed by atoms with Gasteiger partial charge in [-0.25, -0.2) is 8.42 Å². The number of hydrogen-bond donors (Lipinski definition) is 1. The number of halogens is 1. The number of rotatable bonds is 2. The van der Waals surface area contributed by atoms with Gasteiger partial charge in [0.2, 0.25) is 10.0 Å². The van der Waals surface area contributed by atoms with Crippen molar-refractivity contribution in [2.75, 3.05) is 13.1 Å². The van der Waals surface area contributed by atoms with Crippen molar-refractivity contribution in [1.29, 1.82) is 5.26 Å². The van der Waals surface area contributed by atoms with Crippen molar-refractivity contribution in [1.82, 2.24) is 9.62 Å². The Balaban J connectivity index is 0.00000176. The minimum atomic E-state index is -3.47. The molecule has 2 heterocycles. The van der Waals surface area contributed by atoms with Crippen molar-refractivity contribution < 1.29 is 8.42 Å². The number of nitrogens with one attached hydrogen (secondary N) is 1. The van der Waals surface area contributed by atoms with Crippen LogP contribution in [0.5, 0.6) is 0 Å². The molecule has 1 aromatic rings. The van der Waals surface area contributed by atoms with Gasteiger partial charge in [0.1, 0.15) is 0 Å². The summed E-state index contributed by atoms with van der Waals surface area (Å²) in [5, 5.41) is 12.4. The van der Waals surface area contributed by atoms with E-state index in [0.717, 1.165) is 12.8 Å². The second-order valence-corrected chi connectivity index (χ2v) is 7.84. The molecular weight excluding hydrogens is 322 g/mol. The first-order valence-corrected chi connectivity index (χ1v) is 8.71. The number of hydrogen-bond acceptors (Lipinski definition) is 4. The molecule has 0 radical (unpaired) electrons. The lowest BCUT2D eigenvalue weighted by Gasteiger charge is -2.41. The van der Waals surface area contributed by atoms with Gasteiger partial charge in [-0.05, 0) is 43.5 Å². The molecule has 2 aliphatic heterocycles. The molecule has 0 saturated carbocycles. The molecule has 22 heavy (non-hydrogen) atoms. The van der Waals surface area contributed by atoms with Crippen LogP contribution in [0.1, 0.15) is 30.4 Å². The van der Waals surface area contributed by atoms with Gasteiger partial charge in [0.25, 0.3) is 0 Å². The third kappa shape index (κ3) is 3.13. The van der Waals surface area contributed by atoms with Crippen LogP contribution in [0.3, 0.4) is 0 Å². The SMILES string of the molecule is Cc1cc(S(=O)(=O)N2CC3CCCC(C2)N3)ccc1C#N.Cl. The molecule has 1 aromatic carbocycles. The number of fused-ring (bicyclic) bond motifs is 2. The van der Waals surface area contributed by atoms with Gasteiger partial charge >= 0.3 is 0 Å². The molecular formula is C15H20ClN3O2S. The summed E-state index contributed by atoms with van der Waals surface area (Å²) < 4.78 is 27.2. The van der Waals surface area contributed by atoms with Gasteiger partial charge in [-0.1, -0.05) is 6.42 Å². The van der Waals surface area contributed by atoms with Crippen LogP contribution in [0.25, 0.3) is 0 Å². The first-order valence-electron chi connectivity index (χ1n) is 7.27. The lowest BCUT2D eigenvalue weighted by atomic mass is 9.96. The molecule has 3 rings (SSSR count). The van der Waals surface area contributed by atoms with Crippen LogP contribution in [-0.2, 0) is 10.0 Å². The summed E-state index contributed by atoms with van der Waals surface area (Å²) in [7, 11) is -3.47. The number of aryl methyl sites for hydroxylation is 1. The predicted molar refractivity (Wildman–Crippen MR) is 86.5 cm³/mol. The van der Waals surface area contributed by atoms with E-state index < -0.39 is 10.0 Å². The molecule has 0 aromatic heterocycles. The molecule has 0 aliphatic carbocycles. The molecule has 2 aliphatic rings. The van der Waals surface area contributed by atoms with Crippen LogP contribution in [0.4, 0.5) is 0 Å². The van der Waals surface area contributed by atoms with Gasteiger partial charge in [-0.3, -0.25) is 0 Å². The summed E-state index contributed by atoms with van der Waals surface area (Å²) in [6.07, 6.45) is 3.25. The Hall–Kier alpha value is -1.13. The first-order chi connectivity index (χ1) is 10.0. The second-order valence-electron chi connectivity index (χ2n) is 5.90. The highest BCUT2D eigenvalue weighted by atomic mass is 35.5. The van der Waals surface area contributed by atoms with E-state index in [9.17, 15) is 8.42 Å². The fourth-order valence-electron chi connectivity index (χ4n) is 3.23. The number of nitrogens with zero attached hydrogens (tertiary/aromatic N) is 2. The summed E-state index contributed by atoms with van der Waals surface area (Å²) in [5.74, 6) is 0. The lowest BCUT2D eigenvalue weighted by molar-refractivity contribution is 0.190. The summed E-state index contributed by atoms with van der Waals surface area (Å²) in [6.45, 7) is 2.85. The van der Waals surface area contributed by atoms with Gasteiger partial charge in [0.05, 0.1) is 16.5 Å². The topological polar surface area (TPSA) is 73.2 Å². The van der Waals surface area contributed by atoms with E-state index >= 15 is 0 Å². The minimum Gasteiger partial charge on any atom is -0.309 e. The van der Waals surface area contributed by atoms with E-state index in [4.69, 9.17) is 5.26 Å². The van der Waals surface area contributed by atoms with Crippen LogP contribution in [0, 0.1) is 18.3 Å². The van der Waals surface area contributed by atoms with E-state index in [1.54, 1.807) is 29.4 Å². The monoisotopic (exact) mass is 341 g/mol. The average Bonchev–Trinajstić information content (AvgIpc) is 2.46. The normalized spacial score (nSPS) is 25.1. The first kappa shape index (κ1) is 17.2. The zero-order chi connectivity index (χ0) is 15.0. The quantitative estimate of drug-likeness (QED) is 0.890. The summed E-state index contributed by atoms with van der Waals surface area (Å²) in [4.78, 5) is 0.291. The van der Waals surface area contributed by atoms with Crippen molar-refractivity contribution >= 4 is 22.4 Å². The number of piperazine rings is 1. The van der Waals surface area contributed by atoms with Gasteiger partial charge < -0.3 is 5.32 Å². The van der Waals surface area contributed by atoms with Gasteiger partial charge in [-0.15, -0.1) is 12.4 Å². The third-order valence-corrected chi connectivity index (χ3v) is 6.21. The molecule has 2 unspecified atom stereocenters. The summed E-state index contributed by atoms with van der Waals surface area (Å²) >= 11 is 0. The van der Waals surface area contributed by atoms with Crippen LogP contribution in [0.15, 0.2) is 23.1 Å². The minimum absolute atomic E-state index is 0. The Kier molecular flexibility index (Phi) is 5.13. The van der Waals surface area contributed by atoms with Crippen LogP contribution in [0.2, 0.25) is 0 Å². The molecule has 2 atom stereocenters. The van der Waals surface area contributed by atoms with Crippen LogP contribution < -0.4 is 5.32 Å². The molecule has 7 heteroatoms. The Bertz CT molecular complexity index is 687. The Morgan fingerprint density at radius 2 is 1.91 bits per heavy atom. The highest BCUT2D eigenvalue weighted by Gasteiger charge is 2.36.